The lowest BCUT2D eigenvalue weighted by atomic mass is 9.96. The molecule has 1 amide bonds. The van der Waals surface area contributed by atoms with E-state index in [-0.39, 0.29) is 10.8 Å². The number of hydrogen-bond acceptors (Lipinski definition) is 5. The third-order valence-corrected chi connectivity index (χ3v) is 9.71. The van der Waals surface area contributed by atoms with Crippen LogP contribution in [-0.4, -0.2) is 21.4 Å². The Kier molecular flexibility index (Phi) is 8.56. The predicted molar refractivity (Wildman–Crippen MR) is 184 cm³/mol. The molecule has 6 rings (SSSR count). The molecule has 0 fully saturated rings. The van der Waals surface area contributed by atoms with Gasteiger partial charge in [-0.2, -0.15) is 0 Å². The van der Waals surface area contributed by atoms with E-state index in [1.807, 2.05) is 49.4 Å². The molecule has 1 aliphatic rings. The van der Waals surface area contributed by atoms with Crippen molar-refractivity contribution in [2.45, 2.75) is 44.3 Å². The number of hydrogen-bond donors (Lipinski definition) is 1. The number of sulfonamides is 1. The Morgan fingerprint density at radius 1 is 0.826 bits per heavy atom. The van der Waals surface area contributed by atoms with E-state index in [9.17, 15) is 13.2 Å². The second-order valence-corrected chi connectivity index (χ2v) is 13.5. The van der Waals surface area contributed by atoms with Crippen LogP contribution < -0.4 is 19.3 Å². The number of aryl methyl sites for hydroxylation is 1. The van der Waals surface area contributed by atoms with Gasteiger partial charge in [0, 0.05) is 17.9 Å². The van der Waals surface area contributed by atoms with Crippen molar-refractivity contribution >= 4 is 33.0 Å². The second-order valence-electron chi connectivity index (χ2n) is 11.8. The minimum Gasteiger partial charge on any atom is -0.497 e. The fourth-order valence-corrected chi connectivity index (χ4v) is 6.87. The molecule has 0 bridgehead atoms. The summed E-state index contributed by atoms with van der Waals surface area (Å²) in [5.41, 5.74) is 6.39. The van der Waals surface area contributed by atoms with Gasteiger partial charge < -0.3 is 9.64 Å². The average molecular weight is 632 g/mol. The van der Waals surface area contributed by atoms with Crippen molar-refractivity contribution in [2.24, 2.45) is 0 Å². The molecule has 0 saturated heterocycles. The molecule has 0 aliphatic carbocycles. The van der Waals surface area contributed by atoms with Crippen molar-refractivity contribution < 1.29 is 17.9 Å². The molecule has 5 aromatic rings. The van der Waals surface area contributed by atoms with Gasteiger partial charge in [0.2, 0.25) is 0 Å². The third-order valence-electron chi connectivity index (χ3n) is 8.33. The topological polar surface area (TPSA) is 78.9 Å². The maximum Gasteiger partial charge on any atom is 0.262 e. The van der Waals surface area contributed by atoms with Gasteiger partial charge in [0.25, 0.3) is 15.9 Å². The smallest absolute Gasteiger partial charge is 0.262 e. The van der Waals surface area contributed by atoms with E-state index in [1.165, 1.54) is 11.6 Å². The molecule has 7 nitrogen and oxygen atoms in total. The summed E-state index contributed by atoms with van der Waals surface area (Å²) in [5, 5.41) is 0. The number of nitrogens with one attached hydrogen (secondary N) is 1. The number of amides is 1. The van der Waals surface area contributed by atoms with Gasteiger partial charge >= 0.3 is 0 Å². The first kappa shape index (κ1) is 30.9. The Labute approximate surface area is 271 Å². The maximum atomic E-state index is 14.6. The second kappa shape index (κ2) is 12.7. The summed E-state index contributed by atoms with van der Waals surface area (Å²) in [6, 6.07) is 37.8. The van der Waals surface area contributed by atoms with Crippen molar-refractivity contribution in [3.8, 4) is 5.75 Å². The molecule has 1 atom stereocenters. The van der Waals surface area contributed by atoms with Crippen molar-refractivity contribution in [3.05, 3.63) is 149 Å². The Balaban J connectivity index is 1.50. The number of nitrogens with zero attached hydrogens (tertiary/aromatic N) is 2. The number of carbonyl (C=O) groups excluding carboxylic acids is 1. The highest BCUT2D eigenvalue weighted by Gasteiger charge is 2.40. The van der Waals surface area contributed by atoms with E-state index in [0.29, 0.717) is 35.2 Å². The summed E-state index contributed by atoms with van der Waals surface area (Å²) in [6.45, 7) is 6.82. The van der Waals surface area contributed by atoms with Gasteiger partial charge in [-0.3, -0.25) is 14.4 Å². The lowest BCUT2D eigenvalue weighted by Crippen LogP contribution is -2.49. The van der Waals surface area contributed by atoms with Gasteiger partial charge in [0.05, 0.1) is 23.3 Å². The van der Waals surface area contributed by atoms with Gasteiger partial charge in [0.1, 0.15) is 11.9 Å². The first-order valence-corrected chi connectivity index (χ1v) is 16.7. The first-order valence-electron chi connectivity index (χ1n) is 15.3. The van der Waals surface area contributed by atoms with E-state index in [4.69, 9.17) is 4.74 Å². The molecular weight excluding hydrogens is 595 g/mol. The third kappa shape index (κ3) is 6.21. The van der Waals surface area contributed by atoms with Crippen LogP contribution in [0.25, 0.3) is 0 Å². The van der Waals surface area contributed by atoms with Gasteiger partial charge in [-0.25, -0.2) is 8.42 Å². The zero-order valence-electron chi connectivity index (χ0n) is 26.3. The number of rotatable bonds is 9. The van der Waals surface area contributed by atoms with Crippen LogP contribution in [0.3, 0.4) is 0 Å². The summed E-state index contributed by atoms with van der Waals surface area (Å²) in [6.07, 6.45) is -0.482. The molecule has 1 aliphatic heterocycles. The molecule has 5 aromatic carbocycles. The van der Waals surface area contributed by atoms with Crippen LogP contribution in [0.1, 0.15) is 58.5 Å². The summed E-state index contributed by atoms with van der Waals surface area (Å²) in [7, 11) is -2.46. The number of ether oxygens (including phenoxy) is 1. The number of fused-ring (bicyclic) bond motifs is 1. The average Bonchev–Trinajstić information content (AvgIpc) is 3.07. The van der Waals surface area contributed by atoms with E-state index in [0.717, 1.165) is 22.4 Å². The van der Waals surface area contributed by atoms with Crippen molar-refractivity contribution in [1.29, 1.82) is 0 Å². The zero-order valence-corrected chi connectivity index (χ0v) is 27.2. The molecule has 234 valence electrons. The van der Waals surface area contributed by atoms with Gasteiger partial charge in [-0.05, 0) is 84.1 Å². The summed E-state index contributed by atoms with van der Waals surface area (Å²) in [5.74, 6) is 0.705. The lowest BCUT2D eigenvalue weighted by Gasteiger charge is -2.46. The van der Waals surface area contributed by atoms with E-state index >= 15 is 0 Å². The van der Waals surface area contributed by atoms with Gasteiger partial charge in [0.15, 0.2) is 0 Å². The molecule has 8 heteroatoms. The minimum atomic E-state index is -4.01. The molecule has 0 radical (unpaired) electrons. The number of benzene rings is 5. The van der Waals surface area contributed by atoms with Crippen LogP contribution in [0.15, 0.2) is 126 Å². The quantitative estimate of drug-likeness (QED) is 0.177. The van der Waals surface area contributed by atoms with Crippen LogP contribution in [0.4, 0.5) is 17.1 Å². The molecular formula is C38H37N3O4S. The lowest BCUT2D eigenvalue weighted by molar-refractivity contribution is 0.0968. The standard InChI is InChI=1S/C38H37N3O4S/c1-26(2)29-12-14-30(15-13-29)37-40(25-28-8-6-5-7-9-28)36-23-22-34(46(43,44)39-31-16-20-33(45-4)21-17-31)24-35(36)38(42)41(37)32-18-10-27(3)11-19-32/h5-24,26,37,39H,25H2,1-4H3/t37-/m1/s1. The van der Waals surface area contributed by atoms with E-state index < -0.39 is 16.2 Å². The highest BCUT2D eigenvalue weighted by Crippen LogP contribution is 2.43. The minimum absolute atomic E-state index is 0.00123. The monoisotopic (exact) mass is 631 g/mol. The fraction of sp³-hybridized carbons (Fsp3) is 0.184. The van der Waals surface area contributed by atoms with Crippen LogP contribution in [0.2, 0.25) is 0 Å². The summed E-state index contributed by atoms with van der Waals surface area (Å²) < 4.78 is 35.0. The SMILES string of the molecule is COc1ccc(NS(=O)(=O)c2ccc3c(c2)C(=O)N(c2ccc(C)cc2)[C@H](c2ccc(C(C)C)cc2)N3Cc2ccccc2)cc1. The molecule has 0 spiro atoms. The first-order chi connectivity index (χ1) is 22.1. The molecule has 1 N–H and O–H groups in total. The fourth-order valence-electron chi connectivity index (χ4n) is 5.79. The highest BCUT2D eigenvalue weighted by molar-refractivity contribution is 7.92. The molecule has 0 saturated carbocycles. The molecule has 0 aromatic heterocycles. The number of methoxy groups -OCH3 is 1. The van der Waals surface area contributed by atoms with Gasteiger partial charge in [-0.1, -0.05) is 86.1 Å². The van der Waals surface area contributed by atoms with E-state index in [2.05, 4.69) is 59.9 Å². The zero-order chi connectivity index (χ0) is 32.4. The molecule has 0 unspecified atom stereocenters. The molecule has 1 heterocycles. The number of carbonyl (C=O) groups is 1. The Hall–Kier alpha value is -5.08. The van der Waals surface area contributed by atoms with Crippen LogP contribution in [-0.2, 0) is 16.6 Å². The summed E-state index contributed by atoms with van der Waals surface area (Å²) >= 11 is 0. The van der Waals surface area contributed by atoms with Crippen LogP contribution >= 0.6 is 0 Å². The predicted octanol–water partition coefficient (Wildman–Crippen LogP) is 8.29. The number of anilines is 3. The van der Waals surface area contributed by atoms with E-state index in [1.54, 1.807) is 48.4 Å². The van der Waals surface area contributed by atoms with Crippen molar-refractivity contribution in [1.82, 2.24) is 0 Å². The Bertz CT molecular complexity index is 1940. The summed E-state index contributed by atoms with van der Waals surface area (Å²) in [4.78, 5) is 18.6. The van der Waals surface area contributed by atoms with Crippen molar-refractivity contribution in [2.75, 3.05) is 21.6 Å². The van der Waals surface area contributed by atoms with Crippen molar-refractivity contribution in [3.63, 3.8) is 0 Å². The Morgan fingerprint density at radius 3 is 2.13 bits per heavy atom. The van der Waals surface area contributed by atoms with Crippen LogP contribution in [0.5, 0.6) is 5.75 Å². The van der Waals surface area contributed by atoms with Gasteiger partial charge in [-0.15, -0.1) is 0 Å². The Morgan fingerprint density at radius 2 is 1.50 bits per heavy atom. The highest BCUT2D eigenvalue weighted by atomic mass is 32.2. The maximum absolute atomic E-state index is 14.6. The van der Waals surface area contributed by atoms with Crippen LogP contribution in [0, 0.1) is 6.92 Å². The molecule has 46 heavy (non-hydrogen) atoms. The normalized spacial score (nSPS) is 14.7. The largest absolute Gasteiger partial charge is 0.497 e.